The molecule has 20 heavy (non-hydrogen) atoms. The van der Waals surface area contributed by atoms with Crippen LogP contribution >= 0.6 is 0 Å². The van der Waals surface area contributed by atoms with Gasteiger partial charge in [-0.1, -0.05) is 5.16 Å². The first-order chi connectivity index (χ1) is 9.37. The topological polar surface area (TPSA) is 114 Å². The Morgan fingerprint density at radius 3 is 2.75 bits per heavy atom. The number of hydrogen-bond donors (Lipinski definition) is 3. The fraction of sp³-hybridized carbons (Fsp3) is 0.417. The summed E-state index contributed by atoms with van der Waals surface area (Å²) < 4.78 is 27.3. The molecule has 0 aliphatic carbocycles. The van der Waals surface area contributed by atoms with Crippen LogP contribution in [0.1, 0.15) is 11.1 Å². The number of benzene rings is 1. The van der Waals surface area contributed by atoms with Crippen LogP contribution in [0.2, 0.25) is 0 Å². The number of amidine groups is 1. The fourth-order valence-corrected chi connectivity index (χ4v) is 2.13. The average Bonchev–Trinajstić information content (AvgIpc) is 2.41. The molecule has 1 aromatic rings. The second kappa shape index (κ2) is 7.11. The van der Waals surface area contributed by atoms with Gasteiger partial charge >= 0.3 is 0 Å². The van der Waals surface area contributed by atoms with Crippen molar-refractivity contribution in [3.05, 3.63) is 29.3 Å². The van der Waals surface area contributed by atoms with Crippen molar-refractivity contribution in [3.8, 4) is 5.75 Å². The maximum Gasteiger partial charge on any atom is 0.170 e. The number of nitrogens with one attached hydrogen (secondary N) is 1. The van der Waals surface area contributed by atoms with Gasteiger partial charge in [-0.3, -0.25) is 0 Å². The van der Waals surface area contributed by atoms with Gasteiger partial charge in [-0.05, 0) is 18.2 Å². The molecule has 0 saturated heterocycles. The van der Waals surface area contributed by atoms with Crippen molar-refractivity contribution in [1.29, 1.82) is 0 Å². The number of methoxy groups -OCH3 is 1. The highest BCUT2D eigenvalue weighted by Gasteiger charge is 2.08. The maximum absolute atomic E-state index is 11.0. The number of nitrogens with two attached hydrogens (primary N) is 1. The van der Waals surface area contributed by atoms with Gasteiger partial charge in [0.25, 0.3) is 0 Å². The first-order valence-corrected chi connectivity index (χ1v) is 7.96. The highest BCUT2D eigenvalue weighted by molar-refractivity contribution is 7.90. The summed E-state index contributed by atoms with van der Waals surface area (Å²) in [5.74, 6) is 0.714. The van der Waals surface area contributed by atoms with Crippen LogP contribution < -0.4 is 15.8 Å². The average molecular weight is 301 g/mol. The predicted molar refractivity (Wildman–Crippen MR) is 76.9 cm³/mol. The van der Waals surface area contributed by atoms with E-state index in [1.807, 2.05) is 0 Å². The fourth-order valence-electron chi connectivity index (χ4n) is 1.61. The standard InChI is InChI=1S/C12H19N3O4S/c1-19-11-4-3-9(12(13)15-16)7-10(11)8-14-5-6-20(2,17)18/h3-4,7,14,16H,5-6,8H2,1-2H3,(H2,13,15). The Labute approximate surface area is 118 Å². The molecule has 1 aromatic carbocycles. The summed E-state index contributed by atoms with van der Waals surface area (Å²) in [5.41, 5.74) is 6.89. The molecule has 0 bridgehead atoms. The number of hydrogen-bond acceptors (Lipinski definition) is 6. The molecule has 4 N–H and O–H groups in total. The van der Waals surface area contributed by atoms with E-state index in [1.165, 1.54) is 6.26 Å². The van der Waals surface area contributed by atoms with Crippen LogP contribution in [-0.2, 0) is 16.4 Å². The molecule has 0 heterocycles. The van der Waals surface area contributed by atoms with Crippen molar-refractivity contribution in [2.45, 2.75) is 6.54 Å². The van der Waals surface area contributed by atoms with E-state index in [-0.39, 0.29) is 11.6 Å². The monoisotopic (exact) mass is 301 g/mol. The molecule has 0 atom stereocenters. The van der Waals surface area contributed by atoms with E-state index in [2.05, 4.69) is 10.5 Å². The smallest absolute Gasteiger partial charge is 0.170 e. The van der Waals surface area contributed by atoms with Crippen LogP contribution in [0.25, 0.3) is 0 Å². The molecule has 0 fully saturated rings. The lowest BCUT2D eigenvalue weighted by Crippen LogP contribution is -2.22. The number of ether oxygens (including phenoxy) is 1. The molecule has 7 nitrogen and oxygen atoms in total. The van der Waals surface area contributed by atoms with Gasteiger partial charge in [0.2, 0.25) is 0 Å². The summed E-state index contributed by atoms with van der Waals surface area (Å²) in [4.78, 5) is 0. The van der Waals surface area contributed by atoms with E-state index in [9.17, 15) is 8.42 Å². The largest absolute Gasteiger partial charge is 0.496 e. The third kappa shape index (κ3) is 5.06. The van der Waals surface area contributed by atoms with Gasteiger partial charge in [-0.2, -0.15) is 0 Å². The first-order valence-electron chi connectivity index (χ1n) is 5.90. The molecule has 112 valence electrons. The zero-order chi connectivity index (χ0) is 15.2. The maximum atomic E-state index is 11.0. The minimum absolute atomic E-state index is 0.00467. The number of nitrogens with zero attached hydrogens (tertiary/aromatic N) is 1. The summed E-state index contributed by atoms with van der Waals surface area (Å²) in [7, 11) is -1.45. The summed E-state index contributed by atoms with van der Waals surface area (Å²) in [6, 6.07) is 5.11. The molecule has 0 unspecified atom stereocenters. The van der Waals surface area contributed by atoms with Gasteiger partial charge in [-0.25, -0.2) is 8.42 Å². The Morgan fingerprint density at radius 2 is 2.20 bits per heavy atom. The predicted octanol–water partition coefficient (Wildman–Crippen LogP) is -0.0761. The Morgan fingerprint density at radius 1 is 1.50 bits per heavy atom. The zero-order valence-corrected chi connectivity index (χ0v) is 12.3. The number of oxime groups is 1. The van der Waals surface area contributed by atoms with Crippen LogP contribution in [0.3, 0.4) is 0 Å². The Kier molecular flexibility index (Phi) is 5.78. The van der Waals surface area contributed by atoms with Gasteiger partial charge in [0.1, 0.15) is 15.6 Å². The van der Waals surface area contributed by atoms with Crippen molar-refractivity contribution in [2.24, 2.45) is 10.9 Å². The van der Waals surface area contributed by atoms with Crippen LogP contribution in [0.15, 0.2) is 23.4 Å². The second-order valence-electron chi connectivity index (χ2n) is 4.32. The summed E-state index contributed by atoms with van der Waals surface area (Å²) in [6.07, 6.45) is 1.19. The Balaban J connectivity index is 2.76. The molecule has 1 rings (SSSR count). The van der Waals surface area contributed by atoms with E-state index in [1.54, 1.807) is 25.3 Å². The SMILES string of the molecule is COc1ccc(/C(N)=N/O)cc1CNCCS(C)(=O)=O. The van der Waals surface area contributed by atoms with Crippen LogP contribution in [0.4, 0.5) is 0 Å². The zero-order valence-electron chi connectivity index (χ0n) is 11.5. The van der Waals surface area contributed by atoms with Gasteiger partial charge in [-0.15, -0.1) is 0 Å². The van der Waals surface area contributed by atoms with E-state index >= 15 is 0 Å². The van der Waals surface area contributed by atoms with Crippen molar-refractivity contribution < 1.29 is 18.4 Å². The normalized spacial score (nSPS) is 12.4. The third-order valence-electron chi connectivity index (χ3n) is 2.65. The molecule has 0 amide bonds. The second-order valence-corrected chi connectivity index (χ2v) is 6.58. The lowest BCUT2D eigenvalue weighted by atomic mass is 10.1. The van der Waals surface area contributed by atoms with Crippen LogP contribution in [0.5, 0.6) is 5.75 Å². The van der Waals surface area contributed by atoms with Gasteiger partial charge in [0.05, 0.1) is 12.9 Å². The Bertz CT molecular complexity index is 584. The molecule has 0 saturated carbocycles. The van der Waals surface area contributed by atoms with Gasteiger partial charge in [0.15, 0.2) is 5.84 Å². The first kappa shape index (κ1) is 16.3. The van der Waals surface area contributed by atoms with E-state index in [0.717, 1.165) is 5.56 Å². The van der Waals surface area contributed by atoms with E-state index in [0.29, 0.717) is 24.4 Å². The lowest BCUT2D eigenvalue weighted by Gasteiger charge is -2.11. The molecular formula is C12H19N3O4S. The van der Waals surface area contributed by atoms with Crippen LogP contribution in [0, 0.1) is 0 Å². The lowest BCUT2D eigenvalue weighted by molar-refractivity contribution is 0.318. The van der Waals surface area contributed by atoms with Crippen molar-refractivity contribution in [3.63, 3.8) is 0 Å². The van der Waals surface area contributed by atoms with Crippen LogP contribution in [-0.4, -0.2) is 45.1 Å². The van der Waals surface area contributed by atoms with Gasteiger partial charge < -0.3 is 21.0 Å². The summed E-state index contributed by atoms with van der Waals surface area (Å²) in [5, 5.41) is 14.6. The number of sulfone groups is 1. The highest BCUT2D eigenvalue weighted by Crippen LogP contribution is 2.19. The molecule has 0 radical (unpaired) electrons. The Hall–Kier alpha value is -1.80. The minimum atomic E-state index is -2.99. The highest BCUT2D eigenvalue weighted by atomic mass is 32.2. The molecule has 0 aliphatic rings. The molecule has 0 aromatic heterocycles. The minimum Gasteiger partial charge on any atom is -0.496 e. The van der Waals surface area contributed by atoms with Crippen molar-refractivity contribution >= 4 is 15.7 Å². The molecule has 8 heteroatoms. The van der Waals surface area contributed by atoms with E-state index in [4.69, 9.17) is 15.7 Å². The molecule has 0 spiro atoms. The molecule has 0 aliphatic heterocycles. The number of rotatable bonds is 7. The van der Waals surface area contributed by atoms with E-state index < -0.39 is 9.84 Å². The third-order valence-corrected chi connectivity index (χ3v) is 3.59. The van der Waals surface area contributed by atoms with Crippen molar-refractivity contribution in [2.75, 3.05) is 25.7 Å². The van der Waals surface area contributed by atoms with Gasteiger partial charge in [0, 0.05) is 30.5 Å². The quantitative estimate of drug-likeness (QED) is 0.213. The summed E-state index contributed by atoms with van der Waals surface area (Å²) >= 11 is 0. The molecular weight excluding hydrogens is 282 g/mol. The van der Waals surface area contributed by atoms with Crippen molar-refractivity contribution in [1.82, 2.24) is 5.32 Å². The summed E-state index contributed by atoms with van der Waals surface area (Å²) in [6.45, 7) is 0.765.